The zero-order chi connectivity index (χ0) is 11.5. The van der Waals surface area contributed by atoms with Crippen molar-refractivity contribution in [3.8, 4) is 0 Å². The molecule has 0 saturated carbocycles. The molecule has 0 aliphatic rings. The Balaban J connectivity index is 3.14. The predicted molar refractivity (Wildman–Crippen MR) is 61.7 cm³/mol. The van der Waals surface area contributed by atoms with Gasteiger partial charge in [0.15, 0.2) is 0 Å². The van der Waals surface area contributed by atoms with E-state index < -0.39 is 10.0 Å². The molecule has 15 heavy (non-hydrogen) atoms. The maximum Gasteiger partial charge on any atom is 0.244 e. The van der Waals surface area contributed by atoms with Gasteiger partial charge < -0.3 is 5.73 Å². The molecule has 0 saturated heterocycles. The third-order valence-electron chi connectivity index (χ3n) is 1.56. The zero-order valence-electron chi connectivity index (χ0n) is 7.77. The number of pyridine rings is 1. The predicted octanol–water partition coefficient (Wildman–Crippen LogP) is 0.891. The molecule has 5 nitrogen and oxygen atoms in total. The van der Waals surface area contributed by atoms with Gasteiger partial charge in [0, 0.05) is 17.2 Å². The average molecular weight is 292 g/mol. The summed E-state index contributed by atoms with van der Waals surface area (Å²) in [5.41, 5.74) is 5.47. The quantitative estimate of drug-likeness (QED) is 0.807. The third-order valence-corrected chi connectivity index (χ3v) is 3.44. The highest BCUT2D eigenvalue weighted by Crippen LogP contribution is 2.19. The van der Waals surface area contributed by atoms with Crippen LogP contribution in [0.5, 0.6) is 0 Å². The molecule has 82 valence electrons. The van der Waals surface area contributed by atoms with Crippen molar-refractivity contribution in [3.05, 3.63) is 29.4 Å². The number of hydrogen-bond acceptors (Lipinski definition) is 4. The highest BCUT2D eigenvalue weighted by atomic mass is 79.9. The maximum absolute atomic E-state index is 11.7. The fraction of sp³-hybridized carbons (Fsp3) is 0.125. The summed E-state index contributed by atoms with van der Waals surface area (Å²) in [6.07, 6.45) is 2.88. The number of anilines is 1. The van der Waals surface area contributed by atoms with Crippen LogP contribution in [0, 0.1) is 0 Å². The molecule has 1 aromatic rings. The van der Waals surface area contributed by atoms with Gasteiger partial charge in [-0.25, -0.2) is 18.1 Å². The van der Waals surface area contributed by atoms with Crippen LogP contribution in [0.15, 0.2) is 34.3 Å². The molecule has 0 fully saturated rings. The van der Waals surface area contributed by atoms with Gasteiger partial charge >= 0.3 is 0 Å². The first kappa shape index (κ1) is 12.2. The number of aromatic nitrogens is 1. The first-order chi connectivity index (χ1) is 6.97. The molecule has 3 N–H and O–H groups in total. The van der Waals surface area contributed by atoms with Crippen molar-refractivity contribution in [1.29, 1.82) is 0 Å². The van der Waals surface area contributed by atoms with Crippen molar-refractivity contribution >= 4 is 31.8 Å². The van der Waals surface area contributed by atoms with Crippen LogP contribution in [0.1, 0.15) is 0 Å². The summed E-state index contributed by atoms with van der Waals surface area (Å²) >= 11 is 3.13. The summed E-state index contributed by atoms with van der Waals surface area (Å²) in [5.74, 6) is -0.0326. The van der Waals surface area contributed by atoms with E-state index in [0.717, 1.165) is 0 Å². The Labute approximate surface area is 96.6 Å². The number of rotatable bonds is 4. The highest BCUT2D eigenvalue weighted by Gasteiger charge is 2.17. The van der Waals surface area contributed by atoms with Crippen LogP contribution in [0.4, 0.5) is 5.82 Å². The van der Waals surface area contributed by atoms with E-state index in [4.69, 9.17) is 5.73 Å². The Morgan fingerprint density at radius 3 is 2.93 bits per heavy atom. The third kappa shape index (κ3) is 3.01. The van der Waals surface area contributed by atoms with Crippen molar-refractivity contribution in [2.24, 2.45) is 0 Å². The van der Waals surface area contributed by atoms with Crippen LogP contribution in [0.25, 0.3) is 0 Å². The monoisotopic (exact) mass is 291 g/mol. The molecule has 1 heterocycles. The standard InChI is InChI=1S/C8H10BrN3O2S/c1-2-3-12-15(13,14)7-4-6(9)5-11-8(7)10/h2,4-5,12H,1,3H2,(H2,10,11). The largest absolute Gasteiger partial charge is 0.383 e. The van der Waals surface area contributed by atoms with Gasteiger partial charge in [-0.15, -0.1) is 6.58 Å². The molecule has 7 heteroatoms. The van der Waals surface area contributed by atoms with Crippen LogP contribution >= 0.6 is 15.9 Å². The summed E-state index contributed by atoms with van der Waals surface area (Å²) in [4.78, 5) is 3.70. The van der Waals surface area contributed by atoms with Gasteiger partial charge in [-0.05, 0) is 22.0 Å². The second kappa shape index (κ2) is 4.73. The molecule has 0 bridgehead atoms. The van der Waals surface area contributed by atoms with Gasteiger partial charge in [0.1, 0.15) is 10.7 Å². The molecule has 0 spiro atoms. The normalized spacial score (nSPS) is 11.3. The average Bonchev–Trinajstić information content (AvgIpc) is 2.18. The lowest BCUT2D eigenvalue weighted by atomic mass is 10.5. The molecule has 0 aliphatic carbocycles. The van der Waals surface area contributed by atoms with E-state index in [0.29, 0.717) is 4.47 Å². The van der Waals surface area contributed by atoms with Gasteiger partial charge in [0.2, 0.25) is 10.0 Å². The summed E-state index contributed by atoms with van der Waals surface area (Å²) in [5, 5.41) is 0. The minimum absolute atomic E-state index is 0.0326. The summed E-state index contributed by atoms with van der Waals surface area (Å²) < 4.78 is 26.2. The first-order valence-corrected chi connectivity index (χ1v) is 6.26. The molecule has 0 radical (unpaired) electrons. The Morgan fingerprint density at radius 1 is 1.67 bits per heavy atom. The Hall–Kier alpha value is -0.920. The van der Waals surface area contributed by atoms with Crippen LogP contribution in [0.3, 0.4) is 0 Å². The lowest BCUT2D eigenvalue weighted by Gasteiger charge is -2.06. The molecule has 1 aromatic heterocycles. The van der Waals surface area contributed by atoms with Crippen LogP contribution in [0.2, 0.25) is 0 Å². The Kier molecular flexibility index (Phi) is 3.83. The van der Waals surface area contributed by atoms with Gasteiger partial charge in [-0.1, -0.05) is 6.08 Å². The topological polar surface area (TPSA) is 85.1 Å². The summed E-state index contributed by atoms with van der Waals surface area (Å²) in [6, 6.07) is 1.40. The molecule has 0 atom stereocenters. The Bertz CT molecular complexity index is 473. The smallest absolute Gasteiger partial charge is 0.244 e. The minimum atomic E-state index is -3.61. The maximum atomic E-state index is 11.7. The molecular formula is C8H10BrN3O2S. The van der Waals surface area contributed by atoms with E-state index >= 15 is 0 Å². The van der Waals surface area contributed by atoms with Gasteiger partial charge in [-0.3, -0.25) is 0 Å². The van der Waals surface area contributed by atoms with E-state index in [1.54, 1.807) is 0 Å². The van der Waals surface area contributed by atoms with Crippen molar-refractivity contribution in [2.75, 3.05) is 12.3 Å². The number of nitrogens with zero attached hydrogens (tertiary/aromatic N) is 1. The van der Waals surface area contributed by atoms with E-state index in [9.17, 15) is 8.42 Å². The van der Waals surface area contributed by atoms with Gasteiger partial charge in [0.25, 0.3) is 0 Å². The number of nitrogens with one attached hydrogen (secondary N) is 1. The molecule has 0 aromatic carbocycles. The Morgan fingerprint density at radius 2 is 2.33 bits per heavy atom. The van der Waals surface area contributed by atoms with Crippen molar-refractivity contribution in [2.45, 2.75) is 4.90 Å². The lowest BCUT2D eigenvalue weighted by Crippen LogP contribution is -2.24. The molecule has 0 unspecified atom stereocenters. The van der Waals surface area contributed by atoms with Crippen LogP contribution in [-0.2, 0) is 10.0 Å². The highest BCUT2D eigenvalue weighted by molar-refractivity contribution is 9.10. The molecule has 0 amide bonds. The van der Waals surface area contributed by atoms with E-state index in [-0.39, 0.29) is 17.3 Å². The summed E-state index contributed by atoms with van der Waals surface area (Å²) in [7, 11) is -3.61. The van der Waals surface area contributed by atoms with Gasteiger partial charge in [-0.2, -0.15) is 0 Å². The molecular weight excluding hydrogens is 282 g/mol. The zero-order valence-corrected chi connectivity index (χ0v) is 10.2. The number of halogens is 1. The molecule has 0 aliphatic heterocycles. The van der Waals surface area contributed by atoms with E-state index in [1.807, 2.05) is 0 Å². The van der Waals surface area contributed by atoms with Gasteiger partial charge in [0.05, 0.1) is 0 Å². The number of hydrogen-bond donors (Lipinski definition) is 2. The fourth-order valence-corrected chi connectivity index (χ4v) is 2.48. The number of nitrogens with two attached hydrogens (primary N) is 1. The SMILES string of the molecule is C=CCNS(=O)(=O)c1cc(Br)cnc1N. The van der Waals surface area contributed by atoms with Crippen LogP contribution in [-0.4, -0.2) is 19.9 Å². The second-order valence-electron chi connectivity index (χ2n) is 2.68. The number of sulfonamides is 1. The molecule has 1 rings (SSSR count). The lowest BCUT2D eigenvalue weighted by molar-refractivity contribution is 0.585. The van der Waals surface area contributed by atoms with Crippen LogP contribution < -0.4 is 10.5 Å². The van der Waals surface area contributed by atoms with E-state index in [1.165, 1.54) is 18.3 Å². The van der Waals surface area contributed by atoms with Crippen molar-refractivity contribution < 1.29 is 8.42 Å². The number of nitrogen functional groups attached to an aromatic ring is 1. The van der Waals surface area contributed by atoms with Crippen molar-refractivity contribution in [3.63, 3.8) is 0 Å². The second-order valence-corrected chi connectivity index (χ2v) is 5.33. The first-order valence-electron chi connectivity index (χ1n) is 3.99. The fourth-order valence-electron chi connectivity index (χ4n) is 0.893. The van der Waals surface area contributed by atoms with Crippen molar-refractivity contribution in [1.82, 2.24) is 9.71 Å². The minimum Gasteiger partial charge on any atom is -0.383 e. The summed E-state index contributed by atoms with van der Waals surface area (Å²) in [6.45, 7) is 3.56. The van der Waals surface area contributed by atoms with E-state index in [2.05, 4.69) is 32.2 Å².